The molecule has 1 aromatic heterocycles. The maximum absolute atomic E-state index is 13.5. The number of fused-ring (bicyclic) bond motifs is 1. The van der Waals surface area contributed by atoms with Crippen molar-refractivity contribution in [1.29, 1.82) is 0 Å². The highest BCUT2D eigenvalue weighted by molar-refractivity contribution is 5.88. The van der Waals surface area contributed by atoms with Crippen LogP contribution in [0.25, 0.3) is 22.3 Å². The van der Waals surface area contributed by atoms with Gasteiger partial charge in [0.05, 0.1) is 7.11 Å². The zero-order valence-electron chi connectivity index (χ0n) is 19.9. The van der Waals surface area contributed by atoms with E-state index in [-0.39, 0.29) is 16.9 Å². The number of ether oxygens (including phenoxy) is 4. The first-order valence-corrected chi connectivity index (χ1v) is 11.1. The number of hydrogen-bond donors (Lipinski definition) is 7. The summed E-state index contributed by atoms with van der Waals surface area (Å²) < 4.78 is 26.7. The number of phenols is 4. The highest BCUT2D eigenvalue weighted by atomic mass is 16.7. The van der Waals surface area contributed by atoms with Crippen LogP contribution in [0.2, 0.25) is 0 Å². The fraction of sp³-hybridized carbons (Fsp3) is 0.333. The Bertz CT molecular complexity index is 1430. The number of phenolic OH excluding ortho intramolecular Hbond substituents is 4. The predicted molar refractivity (Wildman–Crippen MR) is 125 cm³/mol. The zero-order valence-corrected chi connectivity index (χ0v) is 19.9. The maximum atomic E-state index is 13.5. The Labute approximate surface area is 213 Å². The van der Waals surface area contributed by atoms with Crippen molar-refractivity contribution in [3.63, 3.8) is 0 Å². The van der Waals surface area contributed by atoms with Gasteiger partial charge < -0.3 is 59.1 Å². The highest BCUT2D eigenvalue weighted by Crippen LogP contribution is 2.43. The van der Waals surface area contributed by atoms with Crippen molar-refractivity contribution >= 4 is 16.9 Å². The summed E-state index contributed by atoms with van der Waals surface area (Å²) in [6.07, 6.45) is -8.67. The molecule has 4 rings (SSSR count). The minimum absolute atomic E-state index is 0.0867. The third-order valence-corrected chi connectivity index (χ3v) is 5.81. The summed E-state index contributed by atoms with van der Waals surface area (Å²) in [7, 11) is 1.20. The van der Waals surface area contributed by atoms with Gasteiger partial charge in [-0.3, -0.25) is 9.59 Å². The van der Waals surface area contributed by atoms with Crippen LogP contribution >= 0.6 is 0 Å². The van der Waals surface area contributed by atoms with E-state index in [9.17, 15) is 45.3 Å². The summed E-state index contributed by atoms with van der Waals surface area (Å²) >= 11 is 0. The van der Waals surface area contributed by atoms with Crippen LogP contribution in [0.4, 0.5) is 0 Å². The molecule has 1 aliphatic heterocycles. The summed E-state index contributed by atoms with van der Waals surface area (Å²) in [4.78, 5) is 24.7. The molecular weight excluding hydrogens is 512 g/mol. The number of benzene rings is 2. The first kappa shape index (κ1) is 26.8. The number of aliphatic hydroxyl groups excluding tert-OH is 3. The van der Waals surface area contributed by atoms with Gasteiger partial charge in [-0.25, -0.2) is 0 Å². The van der Waals surface area contributed by atoms with Crippen molar-refractivity contribution in [2.45, 2.75) is 37.6 Å². The zero-order chi connectivity index (χ0) is 27.9. The lowest BCUT2D eigenvalue weighted by atomic mass is 9.99. The minimum atomic E-state index is -1.92. The average Bonchev–Trinajstić information content (AvgIpc) is 2.85. The van der Waals surface area contributed by atoms with E-state index in [0.29, 0.717) is 0 Å². The van der Waals surface area contributed by atoms with E-state index in [2.05, 4.69) is 0 Å². The molecule has 2 aromatic carbocycles. The second-order valence-electron chi connectivity index (χ2n) is 8.41. The van der Waals surface area contributed by atoms with Gasteiger partial charge in [0.15, 0.2) is 17.3 Å². The number of aliphatic hydroxyl groups is 3. The van der Waals surface area contributed by atoms with Crippen molar-refractivity contribution in [2.24, 2.45) is 0 Å². The van der Waals surface area contributed by atoms with Crippen molar-refractivity contribution in [3.8, 4) is 45.8 Å². The van der Waals surface area contributed by atoms with Crippen molar-refractivity contribution in [1.82, 2.24) is 0 Å². The van der Waals surface area contributed by atoms with Crippen molar-refractivity contribution < 1.29 is 63.9 Å². The number of methoxy groups -OCH3 is 1. The van der Waals surface area contributed by atoms with Crippen LogP contribution in [0, 0.1) is 0 Å². The molecule has 1 aliphatic rings. The molecule has 38 heavy (non-hydrogen) atoms. The van der Waals surface area contributed by atoms with Gasteiger partial charge in [-0.05, 0) is 12.1 Å². The van der Waals surface area contributed by atoms with Gasteiger partial charge in [-0.1, -0.05) is 0 Å². The second kappa shape index (κ2) is 10.3. The van der Waals surface area contributed by atoms with Gasteiger partial charge in [0.2, 0.25) is 23.2 Å². The highest BCUT2D eigenvalue weighted by Gasteiger charge is 2.46. The van der Waals surface area contributed by atoms with Crippen LogP contribution in [0.5, 0.6) is 34.5 Å². The monoisotopic (exact) mass is 536 g/mol. The third-order valence-electron chi connectivity index (χ3n) is 5.81. The number of carbonyl (C=O) groups excluding carboxylic acids is 1. The van der Waals surface area contributed by atoms with E-state index in [1.165, 1.54) is 13.2 Å². The normalized spacial score (nSPS) is 23.2. The molecule has 2 heterocycles. The molecule has 0 saturated carbocycles. The summed E-state index contributed by atoms with van der Waals surface area (Å²) in [6.45, 7) is 0.578. The second-order valence-corrected chi connectivity index (χ2v) is 8.41. The Morgan fingerprint density at radius 2 is 1.68 bits per heavy atom. The van der Waals surface area contributed by atoms with Gasteiger partial charge in [0.1, 0.15) is 53.5 Å². The van der Waals surface area contributed by atoms with E-state index < -0.39 is 88.6 Å². The van der Waals surface area contributed by atoms with Crippen LogP contribution in [-0.2, 0) is 14.3 Å². The molecule has 14 heteroatoms. The molecule has 1 fully saturated rings. The molecule has 0 aliphatic carbocycles. The largest absolute Gasteiger partial charge is 0.508 e. The predicted octanol–water partition coefficient (Wildman–Crippen LogP) is 0.0405. The summed E-state index contributed by atoms with van der Waals surface area (Å²) in [6, 6.07) is 4.08. The molecule has 7 N–H and O–H groups in total. The Kier molecular flexibility index (Phi) is 7.24. The number of carbonyl (C=O) groups is 1. The first-order valence-electron chi connectivity index (χ1n) is 11.1. The molecule has 3 aromatic rings. The number of rotatable bonds is 6. The molecule has 5 atom stereocenters. The SMILES string of the molecule is COc1cc(-c2oc3cc(O)cc(O)c3c(=O)c2O[C@H]2O[C@H](COC(C)=O)[C@@H](O)C(O)C2O)cc(O)c1O. The summed E-state index contributed by atoms with van der Waals surface area (Å²) in [5, 5.41) is 71.0. The van der Waals surface area contributed by atoms with Gasteiger partial charge in [-0.15, -0.1) is 0 Å². The molecule has 2 unspecified atom stereocenters. The Balaban J connectivity index is 1.88. The average molecular weight is 536 g/mol. The van der Waals surface area contributed by atoms with Gasteiger partial charge in [0, 0.05) is 24.6 Å². The third kappa shape index (κ3) is 4.84. The van der Waals surface area contributed by atoms with E-state index in [1.54, 1.807) is 0 Å². The topological polar surface area (TPSA) is 226 Å². The van der Waals surface area contributed by atoms with E-state index >= 15 is 0 Å². The Morgan fingerprint density at radius 3 is 2.34 bits per heavy atom. The fourth-order valence-electron chi connectivity index (χ4n) is 3.91. The van der Waals surface area contributed by atoms with Crippen LogP contribution in [0.3, 0.4) is 0 Å². The van der Waals surface area contributed by atoms with Crippen LogP contribution in [-0.4, -0.2) is 86.1 Å². The van der Waals surface area contributed by atoms with Gasteiger partial charge >= 0.3 is 5.97 Å². The molecule has 1 saturated heterocycles. The standard InChI is InChI=1S/C24H24O14/c1-8(25)35-7-15-18(30)20(32)21(33)24(37-15)38-23-19(31)16-11(27)5-10(26)6-13(16)36-22(23)9-3-12(28)17(29)14(4-9)34-2/h3-6,15,18,20-21,24,26-30,32-33H,7H2,1-2H3/t15-,18-,20?,21?,24-/m1/s1. The minimum Gasteiger partial charge on any atom is -0.508 e. The van der Waals surface area contributed by atoms with Crippen molar-refractivity contribution in [3.05, 3.63) is 34.5 Å². The van der Waals surface area contributed by atoms with Crippen LogP contribution in [0.15, 0.2) is 33.5 Å². The Hall–Kier alpha value is -4.24. The van der Waals surface area contributed by atoms with E-state index in [1.807, 2.05) is 0 Å². The lowest BCUT2D eigenvalue weighted by Gasteiger charge is -2.39. The number of hydrogen-bond acceptors (Lipinski definition) is 14. The molecular formula is C24H24O14. The fourth-order valence-corrected chi connectivity index (χ4v) is 3.91. The molecule has 204 valence electrons. The maximum Gasteiger partial charge on any atom is 0.302 e. The van der Waals surface area contributed by atoms with E-state index in [0.717, 1.165) is 25.1 Å². The van der Waals surface area contributed by atoms with Gasteiger partial charge in [0.25, 0.3) is 0 Å². The summed E-state index contributed by atoms with van der Waals surface area (Å²) in [5.41, 5.74) is -1.40. The lowest BCUT2D eigenvalue weighted by Crippen LogP contribution is -2.60. The molecule has 0 amide bonds. The molecule has 14 nitrogen and oxygen atoms in total. The van der Waals surface area contributed by atoms with Crippen molar-refractivity contribution in [2.75, 3.05) is 13.7 Å². The number of esters is 1. The lowest BCUT2D eigenvalue weighted by molar-refractivity contribution is -0.278. The number of aromatic hydroxyl groups is 4. The van der Waals surface area contributed by atoms with E-state index in [4.69, 9.17) is 23.4 Å². The molecule has 0 spiro atoms. The Morgan fingerprint density at radius 1 is 0.974 bits per heavy atom. The quantitative estimate of drug-likeness (QED) is 0.163. The first-order chi connectivity index (χ1) is 17.9. The van der Waals surface area contributed by atoms with Gasteiger partial charge in [-0.2, -0.15) is 0 Å². The smallest absolute Gasteiger partial charge is 0.302 e. The summed E-state index contributed by atoms with van der Waals surface area (Å²) in [5.74, 6) is -4.45. The van der Waals surface area contributed by atoms with Crippen LogP contribution in [0.1, 0.15) is 6.92 Å². The molecule has 0 radical (unpaired) electrons. The molecule has 0 bridgehead atoms. The van der Waals surface area contributed by atoms with Crippen LogP contribution < -0.4 is 14.9 Å².